The molecule has 2 aromatic rings. The summed E-state index contributed by atoms with van der Waals surface area (Å²) in [5.74, 6) is -2.30. The molecule has 1 amide bonds. The highest BCUT2D eigenvalue weighted by molar-refractivity contribution is 6.44. The SMILES string of the molecule is CC(Cc1ccccc1)ON1C(=O)C(=O)C1c1ccc(C(=O)O)cc1. The van der Waals surface area contributed by atoms with Crippen molar-refractivity contribution in [2.24, 2.45) is 0 Å². The summed E-state index contributed by atoms with van der Waals surface area (Å²) in [5, 5.41) is 10.0. The number of Topliss-reactive ketones (excluding diaryl/α,β-unsaturated/α-hetero) is 1. The summed E-state index contributed by atoms with van der Waals surface area (Å²) in [6.45, 7) is 1.83. The van der Waals surface area contributed by atoms with Gasteiger partial charge in [0.2, 0.25) is 0 Å². The van der Waals surface area contributed by atoms with Crippen molar-refractivity contribution >= 4 is 17.7 Å². The van der Waals surface area contributed by atoms with Gasteiger partial charge in [-0.3, -0.25) is 14.4 Å². The molecule has 6 heteroatoms. The molecule has 1 fully saturated rings. The van der Waals surface area contributed by atoms with Crippen LogP contribution in [0.2, 0.25) is 0 Å². The number of carbonyl (C=O) groups is 3. The zero-order valence-corrected chi connectivity index (χ0v) is 13.6. The van der Waals surface area contributed by atoms with Gasteiger partial charge in [-0.25, -0.2) is 4.79 Å². The molecule has 1 aliphatic rings. The van der Waals surface area contributed by atoms with E-state index < -0.39 is 23.7 Å². The lowest BCUT2D eigenvalue weighted by Gasteiger charge is -2.38. The molecule has 1 N–H and O–H groups in total. The number of hydrogen-bond donors (Lipinski definition) is 1. The predicted octanol–water partition coefficient (Wildman–Crippen LogP) is 2.40. The standard InChI is InChI=1S/C19H17NO5/c1-12(11-13-5-3-2-4-6-13)25-20-16(17(21)18(20)22)14-7-9-15(10-8-14)19(23)24/h2-10,12,16H,11H2,1H3,(H,23,24). The number of β-lactam (4-membered cyclic amide) rings is 1. The highest BCUT2D eigenvalue weighted by atomic mass is 16.7. The Labute approximate surface area is 144 Å². The number of aromatic carboxylic acids is 1. The van der Waals surface area contributed by atoms with Crippen LogP contribution in [0, 0.1) is 0 Å². The van der Waals surface area contributed by atoms with Crippen molar-refractivity contribution in [3.63, 3.8) is 0 Å². The first-order valence-electron chi connectivity index (χ1n) is 7.88. The maximum absolute atomic E-state index is 11.9. The second-order valence-electron chi connectivity index (χ2n) is 5.93. The average Bonchev–Trinajstić information content (AvgIpc) is 2.62. The maximum atomic E-state index is 11.9. The van der Waals surface area contributed by atoms with Crippen LogP contribution in [-0.4, -0.2) is 33.9 Å². The van der Waals surface area contributed by atoms with Crippen molar-refractivity contribution in [2.45, 2.75) is 25.5 Å². The van der Waals surface area contributed by atoms with Crippen LogP contribution in [0.4, 0.5) is 0 Å². The lowest BCUT2D eigenvalue weighted by molar-refractivity contribution is -0.238. The van der Waals surface area contributed by atoms with Gasteiger partial charge >= 0.3 is 11.9 Å². The van der Waals surface area contributed by atoms with Gasteiger partial charge in [-0.1, -0.05) is 42.5 Å². The molecule has 2 unspecified atom stereocenters. The fraction of sp³-hybridized carbons (Fsp3) is 0.211. The number of carbonyl (C=O) groups excluding carboxylic acids is 2. The van der Waals surface area contributed by atoms with E-state index in [0.29, 0.717) is 12.0 Å². The van der Waals surface area contributed by atoms with E-state index in [9.17, 15) is 14.4 Å². The molecule has 0 radical (unpaired) electrons. The smallest absolute Gasteiger partial charge is 0.335 e. The number of ketones is 1. The molecule has 0 saturated carbocycles. The first kappa shape index (κ1) is 16.9. The van der Waals surface area contributed by atoms with E-state index in [2.05, 4.69) is 0 Å². The molecule has 0 spiro atoms. The highest BCUT2D eigenvalue weighted by Gasteiger charge is 2.49. The Morgan fingerprint density at radius 3 is 2.36 bits per heavy atom. The lowest BCUT2D eigenvalue weighted by Crippen LogP contribution is -2.56. The van der Waals surface area contributed by atoms with Gasteiger partial charge < -0.3 is 5.11 Å². The Bertz CT molecular complexity index is 800. The van der Waals surface area contributed by atoms with E-state index in [0.717, 1.165) is 10.6 Å². The number of carboxylic acids is 1. The predicted molar refractivity (Wildman–Crippen MR) is 88.7 cm³/mol. The topological polar surface area (TPSA) is 83.9 Å². The molecule has 2 aromatic carbocycles. The number of hydroxylamine groups is 2. The Hall–Kier alpha value is -2.99. The van der Waals surface area contributed by atoms with Gasteiger partial charge in [-0.2, -0.15) is 5.06 Å². The van der Waals surface area contributed by atoms with Crippen molar-refractivity contribution in [1.29, 1.82) is 0 Å². The molecule has 1 heterocycles. The zero-order chi connectivity index (χ0) is 18.0. The van der Waals surface area contributed by atoms with E-state index in [1.165, 1.54) is 24.3 Å². The van der Waals surface area contributed by atoms with Gasteiger partial charge in [-0.05, 0) is 30.2 Å². The van der Waals surface area contributed by atoms with Crippen LogP contribution in [-0.2, 0) is 20.8 Å². The van der Waals surface area contributed by atoms with Crippen molar-refractivity contribution < 1.29 is 24.3 Å². The highest BCUT2D eigenvalue weighted by Crippen LogP contribution is 2.32. The summed E-state index contributed by atoms with van der Waals surface area (Å²) in [6.07, 6.45) is 0.309. The summed E-state index contributed by atoms with van der Waals surface area (Å²) < 4.78 is 0. The van der Waals surface area contributed by atoms with Crippen LogP contribution >= 0.6 is 0 Å². The maximum Gasteiger partial charge on any atom is 0.335 e. The van der Waals surface area contributed by atoms with Crippen molar-refractivity contribution in [3.05, 3.63) is 71.3 Å². The van der Waals surface area contributed by atoms with Crippen LogP contribution in [0.3, 0.4) is 0 Å². The van der Waals surface area contributed by atoms with Gasteiger partial charge in [0.15, 0.2) is 6.04 Å². The first-order chi connectivity index (χ1) is 12.0. The molecular weight excluding hydrogens is 322 g/mol. The second kappa shape index (κ2) is 6.86. The van der Waals surface area contributed by atoms with Gasteiger partial charge in [0.05, 0.1) is 11.7 Å². The minimum atomic E-state index is -1.05. The van der Waals surface area contributed by atoms with Crippen LogP contribution in [0.15, 0.2) is 54.6 Å². The van der Waals surface area contributed by atoms with E-state index >= 15 is 0 Å². The lowest BCUT2D eigenvalue weighted by atomic mass is 9.94. The summed E-state index contributed by atoms with van der Waals surface area (Å²) >= 11 is 0. The van der Waals surface area contributed by atoms with Gasteiger partial charge in [0.25, 0.3) is 5.78 Å². The van der Waals surface area contributed by atoms with Crippen LogP contribution < -0.4 is 0 Å². The Morgan fingerprint density at radius 2 is 1.76 bits per heavy atom. The normalized spacial score (nSPS) is 18.0. The van der Waals surface area contributed by atoms with E-state index in [1.54, 1.807) is 0 Å². The molecule has 0 aliphatic carbocycles. The Morgan fingerprint density at radius 1 is 1.12 bits per heavy atom. The third kappa shape index (κ3) is 3.44. The first-order valence-corrected chi connectivity index (χ1v) is 7.88. The van der Waals surface area contributed by atoms with Crippen molar-refractivity contribution in [1.82, 2.24) is 5.06 Å². The number of hydrogen-bond acceptors (Lipinski definition) is 4. The van der Waals surface area contributed by atoms with Crippen LogP contribution in [0.25, 0.3) is 0 Å². The molecule has 0 aromatic heterocycles. The largest absolute Gasteiger partial charge is 0.478 e. The molecule has 3 rings (SSSR count). The minimum Gasteiger partial charge on any atom is -0.478 e. The molecule has 25 heavy (non-hydrogen) atoms. The third-order valence-corrected chi connectivity index (χ3v) is 4.03. The minimum absolute atomic E-state index is 0.117. The quantitative estimate of drug-likeness (QED) is 0.645. The van der Waals surface area contributed by atoms with Crippen LogP contribution in [0.1, 0.15) is 34.5 Å². The Balaban J connectivity index is 1.70. The fourth-order valence-electron chi connectivity index (χ4n) is 2.76. The van der Waals surface area contributed by atoms with E-state index in [4.69, 9.17) is 9.94 Å². The van der Waals surface area contributed by atoms with Gasteiger partial charge in [0.1, 0.15) is 0 Å². The third-order valence-electron chi connectivity index (χ3n) is 4.03. The fourth-order valence-corrected chi connectivity index (χ4v) is 2.76. The number of nitrogens with zero attached hydrogens (tertiary/aromatic N) is 1. The zero-order valence-electron chi connectivity index (χ0n) is 13.6. The number of rotatable bonds is 6. The van der Waals surface area contributed by atoms with Crippen molar-refractivity contribution in [2.75, 3.05) is 0 Å². The summed E-state index contributed by atoms with van der Waals surface area (Å²) in [7, 11) is 0. The van der Waals surface area contributed by atoms with Gasteiger partial charge in [-0.15, -0.1) is 0 Å². The van der Waals surface area contributed by atoms with Crippen LogP contribution in [0.5, 0.6) is 0 Å². The molecule has 1 aliphatic heterocycles. The molecule has 0 bridgehead atoms. The monoisotopic (exact) mass is 339 g/mol. The number of benzene rings is 2. The van der Waals surface area contributed by atoms with E-state index in [1.807, 2.05) is 37.3 Å². The second-order valence-corrected chi connectivity index (χ2v) is 5.93. The number of carboxylic acid groups (broad SMARTS) is 1. The van der Waals surface area contributed by atoms with Crippen molar-refractivity contribution in [3.8, 4) is 0 Å². The summed E-state index contributed by atoms with van der Waals surface area (Å²) in [4.78, 5) is 40.4. The average molecular weight is 339 g/mol. The molecular formula is C19H17NO5. The van der Waals surface area contributed by atoms with Gasteiger partial charge in [0, 0.05) is 6.42 Å². The van der Waals surface area contributed by atoms with E-state index in [-0.39, 0.29) is 11.7 Å². The summed E-state index contributed by atoms with van der Waals surface area (Å²) in [5.41, 5.74) is 1.71. The molecule has 1 saturated heterocycles. The number of amides is 1. The molecule has 2 atom stereocenters. The molecule has 6 nitrogen and oxygen atoms in total. The molecule has 128 valence electrons. The summed E-state index contributed by atoms with van der Waals surface area (Å²) in [6, 6.07) is 14.7. The Kier molecular flexibility index (Phi) is 4.63.